The third kappa shape index (κ3) is 5.91. The number of carbonyl (C=O) groups is 2. The van der Waals surface area contributed by atoms with Crippen molar-refractivity contribution in [1.29, 1.82) is 0 Å². The first-order valence-electron chi connectivity index (χ1n) is 17.2. The summed E-state index contributed by atoms with van der Waals surface area (Å²) in [4.78, 5) is 30.6. The van der Waals surface area contributed by atoms with Gasteiger partial charge in [0.15, 0.2) is 0 Å². The van der Waals surface area contributed by atoms with Gasteiger partial charge >= 0.3 is 6.03 Å². The van der Waals surface area contributed by atoms with Crippen molar-refractivity contribution < 1.29 is 32.1 Å². The zero-order valence-corrected chi connectivity index (χ0v) is 29.0. The third-order valence-electron chi connectivity index (χ3n) is 11.8. The van der Waals surface area contributed by atoms with Crippen LogP contribution in [0, 0.1) is 23.7 Å². The van der Waals surface area contributed by atoms with Crippen molar-refractivity contribution in [2.24, 2.45) is 28.0 Å². The van der Waals surface area contributed by atoms with E-state index in [-0.39, 0.29) is 47.8 Å². The Hall–Kier alpha value is -3.22. The highest BCUT2D eigenvalue weighted by molar-refractivity contribution is 7.92. The zero-order valence-electron chi connectivity index (χ0n) is 27.4. The van der Waals surface area contributed by atoms with Gasteiger partial charge in [-0.15, -0.1) is 4.36 Å². The molecule has 0 radical (unpaired) electrons. The largest absolute Gasteiger partial charge is 0.490 e. The highest BCUT2D eigenvalue weighted by Crippen LogP contribution is 2.49. The molecular formula is C36H41ClF2N4O5S. The fraction of sp³-hybridized carbons (Fsp3) is 0.556. The molecule has 3 aliphatic carbocycles. The lowest BCUT2D eigenvalue weighted by Crippen LogP contribution is -2.57. The number of hydrogen-bond donors (Lipinski definition) is 1. The lowest BCUT2D eigenvalue weighted by atomic mass is 9.65. The van der Waals surface area contributed by atoms with Crippen LogP contribution in [0.5, 0.6) is 5.75 Å². The van der Waals surface area contributed by atoms with Gasteiger partial charge in [-0.2, -0.15) is 0 Å². The number of likely N-dealkylation sites (tertiary alicyclic amines) is 1. The Balaban J connectivity index is 1.19. The molecule has 262 valence electrons. The Bertz CT molecular complexity index is 1840. The molecule has 2 aromatic carbocycles. The number of carbonyl (C=O) groups excluding carboxylic acids is 2. The maximum atomic E-state index is 14.5. The Kier molecular flexibility index (Phi) is 8.42. The van der Waals surface area contributed by atoms with Crippen LogP contribution in [0.15, 0.2) is 52.4 Å². The van der Waals surface area contributed by atoms with Gasteiger partial charge in [0, 0.05) is 49.3 Å². The van der Waals surface area contributed by atoms with Gasteiger partial charge in [-0.25, -0.2) is 17.8 Å². The summed E-state index contributed by atoms with van der Waals surface area (Å²) in [5.41, 5.74) is 4.26. The molecule has 1 saturated carbocycles. The predicted molar refractivity (Wildman–Crippen MR) is 183 cm³/mol. The molecule has 3 heterocycles. The van der Waals surface area contributed by atoms with Crippen LogP contribution in [0.1, 0.15) is 53.6 Å². The van der Waals surface area contributed by atoms with Crippen LogP contribution >= 0.6 is 11.6 Å². The van der Waals surface area contributed by atoms with Crippen LogP contribution in [0.25, 0.3) is 0 Å². The number of amides is 3. The Morgan fingerprint density at radius 3 is 2.73 bits per heavy atom. The second kappa shape index (κ2) is 12.5. The molecule has 1 saturated heterocycles. The van der Waals surface area contributed by atoms with E-state index >= 15 is 0 Å². The number of allylic oxidation sites excluding steroid dienone is 1. The van der Waals surface area contributed by atoms with Gasteiger partial charge in [0.1, 0.15) is 15.7 Å². The SMILES string of the molecule is CO[C@H]1C2=CC[C@@H]2CS(=O)(NC(=O)N2CC(C(F)F)C2)=NC(=O)c2ccc3c(c2)N(C[C@@H]2CC[C@H]21)C[C@@]1(CCCc2cc(Cl)ccc21)CO3. The highest BCUT2D eigenvalue weighted by atomic mass is 35.5. The van der Waals surface area contributed by atoms with E-state index in [1.54, 1.807) is 25.3 Å². The molecule has 3 amide bonds. The molecule has 9 nitrogen and oxygen atoms in total. The molecule has 8 rings (SSSR count). The number of aryl methyl sites for hydroxylation is 1. The summed E-state index contributed by atoms with van der Waals surface area (Å²) < 4.78 is 60.2. The van der Waals surface area contributed by atoms with Crippen molar-refractivity contribution in [3.05, 3.63) is 69.8 Å². The molecule has 0 aromatic heterocycles. The number of alkyl halides is 2. The van der Waals surface area contributed by atoms with E-state index in [0.29, 0.717) is 31.2 Å². The first-order valence-corrected chi connectivity index (χ1v) is 19.3. The second-order valence-electron chi connectivity index (χ2n) is 14.7. The number of nitrogens with one attached hydrogen (secondary N) is 1. The van der Waals surface area contributed by atoms with Gasteiger partial charge < -0.3 is 19.3 Å². The monoisotopic (exact) mass is 714 g/mol. The number of rotatable bonds is 3. The molecule has 49 heavy (non-hydrogen) atoms. The van der Waals surface area contributed by atoms with E-state index in [9.17, 15) is 22.6 Å². The maximum Gasteiger partial charge on any atom is 0.329 e. The molecule has 1 N–H and O–H groups in total. The number of urea groups is 1. The lowest BCUT2D eigenvalue weighted by Gasteiger charge is -2.48. The van der Waals surface area contributed by atoms with Gasteiger partial charge in [0.25, 0.3) is 5.91 Å². The van der Waals surface area contributed by atoms with Gasteiger partial charge in [0.2, 0.25) is 6.43 Å². The van der Waals surface area contributed by atoms with Crippen LogP contribution in [0.3, 0.4) is 0 Å². The molecule has 2 bridgehead atoms. The first kappa shape index (κ1) is 33.0. The van der Waals surface area contributed by atoms with Gasteiger partial charge in [-0.3, -0.25) is 9.52 Å². The smallest absolute Gasteiger partial charge is 0.329 e. The number of methoxy groups -OCH3 is 1. The number of fused-ring (bicyclic) bond motifs is 5. The zero-order chi connectivity index (χ0) is 34.1. The minimum atomic E-state index is -3.64. The summed E-state index contributed by atoms with van der Waals surface area (Å²) in [6.07, 6.45) is 4.93. The summed E-state index contributed by atoms with van der Waals surface area (Å²) in [7, 11) is -1.93. The van der Waals surface area contributed by atoms with E-state index in [2.05, 4.69) is 32.2 Å². The molecule has 2 fully saturated rings. The van der Waals surface area contributed by atoms with Gasteiger partial charge in [-0.05, 0) is 103 Å². The van der Waals surface area contributed by atoms with Crippen molar-refractivity contribution in [3.8, 4) is 5.75 Å². The Labute approximate surface area is 290 Å². The summed E-state index contributed by atoms with van der Waals surface area (Å²) in [6, 6.07) is 10.6. The molecule has 6 atom stereocenters. The minimum absolute atomic E-state index is 0.0637. The van der Waals surface area contributed by atoms with E-state index in [1.165, 1.54) is 16.0 Å². The molecule has 2 aromatic rings. The normalized spacial score (nSPS) is 32.4. The van der Waals surface area contributed by atoms with Crippen LogP contribution in [-0.2, 0) is 26.5 Å². The summed E-state index contributed by atoms with van der Waals surface area (Å²) in [6.45, 7) is 1.65. The van der Waals surface area contributed by atoms with E-state index in [1.807, 2.05) is 6.07 Å². The van der Waals surface area contributed by atoms with Gasteiger partial charge in [0.05, 0.1) is 30.1 Å². The summed E-state index contributed by atoms with van der Waals surface area (Å²) in [5.74, 6) is -0.688. The highest BCUT2D eigenvalue weighted by Gasteiger charge is 2.47. The number of hydrogen-bond acceptors (Lipinski definition) is 6. The average Bonchev–Trinajstić information content (AvgIpc) is 3.16. The summed E-state index contributed by atoms with van der Waals surface area (Å²) in [5, 5.41) is 0.723. The topological polar surface area (TPSA) is 101 Å². The van der Waals surface area contributed by atoms with Crippen LogP contribution in [-0.4, -0.2) is 79.2 Å². The van der Waals surface area contributed by atoms with E-state index in [0.717, 1.165) is 54.9 Å². The molecule has 13 heteroatoms. The summed E-state index contributed by atoms with van der Waals surface area (Å²) >= 11 is 6.43. The predicted octanol–water partition coefficient (Wildman–Crippen LogP) is 6.24. The maximum absolute atomic E-state index is 14.5. The molecule has 1 unspecified atom stereocenters. The molecule has 3 aliphatic heterocycles. The number of anilines is 1. The van der Waals surface area contributed by atoms with Crippen molar-refractivity contribution in [3.63, 3.8) is 0 Å². The Morgan fingerprint density at radius 2 is 2.02 bits per heavy atom. The first-order chi connectivity index (χ1) is 23.5. The molecular weight excluding hydrogens is 674 g/mol. The van der Waals surface area contributed by atoms with Crippen molar-refractivity contribution in [2.45, 2.75) is 56.5 Å². The number of ether oxygens (including phenoxy) is 2. The van der Waals surface area contributed by atoms with E-state index < -0.39 is 34.2 Å². The van der Waals surface area contributed by atoms with E-state index in [4.69, 9.17) is 21.1 Å². The van der Waals surface area contributed by atoms with Crippen LogP contribution in [0.2, 0.25) is 5.02 Å². The second-order valence-corrected chi connectivity index (χ2v) is 17.1. The lowest BCUT2D eigenvalue weighted by molar-refractivity contribution is -0.00361. The molecule has 1 spiro atoms. The van der Waals surface area contributed by atoms with Gasteiger partial charge in [-0.1, -0.05) is 23.7 Å². The van der Waals surface area contributed by atoms with Crippen molar-refractivity contribution in [2.75, 3.05) is 50.5 Å². The molecule has 6 aliphatic rings. The van der Waals surface area contributed by atoms with Crippen molar-refractivity contribution >= 4 is 39.1 Å². The third-order valence-corrected chi connectivity index (χ3v) is 13.8. The fourth-order valence-corrected chi connectivity index (χ4v) is 10.9. The Morgan fingerprint density at radius 1 is 1.18 bits per heavy atom. The number of nitrogens with zero attached hydrogens (tertiary/aromatic N) is 3. The number of halogens is 3. The average molecular weight is 715 g/mol. The van der Waals surface area contributed by atoms with Crippen LogP contribution in [0.4, 0.5) is 19.3 Å². The quantitative estimate of drug-likeness (QED) is 0.378. The standard InChI is InChI=1S/C36H41ClF2N4O5S/c1-47-32-27-8-4-23(27)15-43-19-36(12-2-3-21-13-26(37)7-10-29(21)36)20-48-31-11-6-22(14-30(31)43)34(44)40-49(46,18-24-5-9-28(24)32)41-35(45)42-16-25(17-42)33(38)39/h6-7,9-11,13-14,23-25,27,32-33H,2-5,8,12,15-20H2,1H3,(H,40,41,44,45,46)/t23-,24+,27+,32+,36-,49?/m0/s1. The number of benzene rings is 2. The fourth-order valence-electron chi connectivity index (χ4n) is 8.84. The van der Waals surface area contributed by atoms with Crippen molar-refractivity contribution in [1.82, 2.24) is 9.62 Å². The minimum Gasteiger partial charge on any atom is -0.490 e. The van der Waals surface area contributed by atoms with Crippen LogP contribution < -0.4 is 14.4 Å².